The number of nitrogens with zero attached hydrogens (tertiary/aromatic N) is 1. The van der Waals surface area contributed by atoms with Gasteiger partial charge < -0.3 is 14.6 Å². The molecule has 208 valence electrons. The molecule has 1 amide bonds. The molecule has 0 radical (unpaired) electrons. The molecule has 1 N–H and O–H groups in total. The molecule has 4 aromatic carbocycles. The fourth-order valence-corrected chi connectivity index (χ4v) is 5.26. The van der Waals surface area contributed by atoms with Gasteiger partial charge in [0, 0.05) is 34.3 Å². The maximum Gasteiger partial charge on any atom is 0.373 e. The normalized spacial score (nSPS) is 11.2. The first-order valence-corrected chi connectivity index (χ1v) is 13.5. The van der Waals surface area contributed by atoms with Crippen LogP contribution in [0.4, 0.5) is 0 Å². The summed E-state index contributed by atoms with van der Waals surface area (Å²) in [7, 11) is 1.67. The topological polar surface area (TPSA) is 77.4 Å². The third kappa shape index (κ3) is 6.29. The summed E-state index contributed by atoms with van der Waals surface area (Å²) in [5.41, 5.74) is 9.90. The third-order valence-corrected chi connectivity index (χ3v) is 7.56. The molecule has 0 fully saturated rings. The number of nitrogens with one attached hydrogen (secondary N) is 1. The monoisotopic (exact) mass is 546 g/mol. The van der Waals surface area contributed by atoms with Crippen LogP contribution < -0.4 is 10.1 Å². The Morgan fingerprint density at radius 3 is 2.20 bits per heavy atom. The first-order chi connectivity index (χ1) is 19.8. The number of hydrogen-bond donors (Lipinski definition) is 1. The van der Waals surface area contributed by atoms with Crippen molar-refractivity contribution >= 4 is 23.0 Å². The van der Waals surface area contributed by atoms with E-state index >= 15 is 0 Å². The van der Waals surface area contributed by atoms with Crippen LogP contribution in [0.2, 0.25) is 0 Å². The van der Waals surface area contributed by atoms with Gasteiger partial charge in [-0.2, -0.15) is 9.59 Å². The van der Waals surface area contributed by atoms with Crippen LogP contribution in [0.25, 0.3) is 22.0 Å². The summed E-state index contributed by atoms with van der Waals surface area (Å²) in [6, 6.07) is 31.0. The van der Waals surface area contributed by atoms with Gasteiger partial charge in [0.25, 0.3) is 5.91 Å². The van der Waals surface area contributed by atoms with Crippen molar-refractivity contribution in [3.63, 3.8) is 0 Å². The number of rotatable bonds is 7. The molecule has 5 aromatic rings. The summed E-state index contributed by atoms with van der Waals surface area (Å²) < 4.78 is 7.93. The van der Waals surface area contributed by atoms with Gasteiger partial charge >= 0.3 is 6.15 Å². The highest BCUT2D eigenvalue weighted by atomic mass is 16.5. The molecule has 5 rings (SSSR count). The molecule has 0 bridgehead atoms. The highest BCUT2D eigenvalue weighted by molar-refractivity contribution is 5.99. The zero-order valence-electron chi connectivity index (χ0n) is 24.0. The minimum Gasteiger partial charge on any atom is -0.496 e. The van der Waals surface area contributed by atoms with E-state index in [1.165, 1.54) is 27.9 Å². The molecule has 0 aliphatic carbocycles. The minimum atomic E-state index is -0.181. The molecular weight excluding hydrogens is 512 g/mol. The zero-order valence-corrected chi connectivity index (χ0v) is 24.0. The molecule has 0 aliphatic rings. The molecule has 1 heterocycles. The summed E-state index contributed by atoms with van der Waals surface area (Å²) in [4.78, 5) is 29.5. The van der Waals surface area contributed by atoms with Crippen molar-refractivity contribution in [2.24, 2.45) is 0 Å². The number of benzene rings is 4. The summed E-state index contributed by atoms with van der Waals surface area (Å²) in [6.45, 7) is 9.07. The van der Waals surface area contributed by atoms with Gasteiger partial charge in [0.05, 0.1) is 13.2 Å². The SMILES string of the molecule is COc1c(C)cccc1[C@H](C)NC(=O)c1ccc2c(c1)c(C)c(C)n2Cc1ccc(-c2ccccc2)cc1.O=C=O. The maximum atomic E-state index is 13.2. The number of amides is 1. The summed E-state index contributed by atoms with van der Waals surface area (Å²) in [6.07, 6.45) is 0.250. The molecular formula is C35H34N2O4. The first kappa shape index (κ1) is 29.1. The van der Waals surface area contributed by atoms with Crippen molar-refractivity contribution in [3.8, 4) is 16.9 Å². The van der Waals surface area contributed by atoms with Crippen LogP contribution in [0.5, 0.6) is 5.75 Å². The number of fused-ring (bicyclic) bond motifs is 1. The minimum absolute atomic E-state index is 0.0933. The Labute approximate surface area is 240 Å². The van der Waals surface area contributed by atoms with Gasteiger partial charge in [0.2, 0.25) is 0 Å². The van der Waals surface area contributed by atoms with Crippen molar-refractivity contribution in [1.29, 1.82) is 0 Å². The lowest BCUT2D eigenvalue weighted by molar-refractivity contribution is -0.191. The molecule has 0 saturated heterocycles. The molecule has 0 aliphatic heterocycles. The van der Waals surface area contributed by atoms with Gasteiger partial charge in [-0.3, -0.25) is 4.79 Å². The van der Waals surface area contributed by atoms with E-state index in [0.29, 0.717) is 5.56 Å². The maximum absolute atomic E-state index is 13.2. The van der Waals surface area contributed by atoms with Crippen molar-refractivity contribution < 1.29 is 19.1 Å². The van der Waals surface area contributed by atoms with E-state index in [1.54, 1.807) is 7.11 Å². The number of hydrogen-bond acceptors (Lipinski definition) is 4. The Hall–Kier alpha value is -4.93. The quantitative estimate of drug-likeness (QED) is 0.234. The predicted molar refractivity (Wildman–Crippen MR) is 161 cm³/mol. The van der Waals surface area contributed by atoms with Crippen LogP contribution in [0.1, 0.15) is 51.3 Å². The highest BCUT2D eigenvalue weighted by Gasteiger charge is 2.18. The lowest BCUT2D eigenvalue weighted by atomic mass is 10.0. The van der Waals surface area contributed by atoms with Crippen LogP contribution in [0.15, 0.2) is 91.0 Å². The summed E-state index contributed by atoms with van der Waals surface area (Å²) >= 11 is 0. The second-order valence-electron chi connectivity index (χ2n) is 10.1. The summed E-state index contributed by atoms with van der Waals surface area (Å²) in [5, 5.41) is 4.26. The average molecular weight is 547 g/mol. The zero-order chi connectivity index (χ0) is 29.5. The van der Waals surface area contributed by atoms with Crippen molar-refractivity contribution in [1.82, 2.24) is 9.88 Å². The lowest BCUT2D eigenvalue weighted by Crippen LogP contribution is -2.27. The smallest absolute Gasteiger partial charge is 0.373 e. The summed E-state index contributed by atoms with van der Waals surface area (Å²) in [5.74, 6) is 0.723. The number of methoxy groups -OCH3 is 1. The van der Waals surface area contributed by atoms with Crippen LogP contribution in [0.3, 0.4) is 0 Å². The molecule has 6 heteroatoms. The number of aryl methyl sites for hydroxylation is 2. The first-order valence-electron chi connectivity index (χ1n) is 13.5. The van der Waals surface area contributed by atoms with Gasteiger partial charge in [0.1, 0.15) is 5.75 Å². The average Bonchev–Trinajstić information content (AvgIpc) is 3.22. The largest absolute Gasteiger partial charge is 0.496 e. The van der Waals surface area contributed by atoms with E-state index in [1.807, 2.05) is 50.2 Å². The number of carbonyl (C=O) groups excluding carboxylic acids is 3. The fourth-order valence-electron chi connectivity index (χ4n) is 5.26. The Morgan fingerprint density at radius 2 is 1.54 bits per heavy atom. The molecule has 6 nitrogen and oxygen atoms in total. The van der Waals surface area contributed by atoms with Gasteiger partial charge in [-0.1, -0.05) is 72.8 Å². The van der Waals surface area contributed by atoms with Gasteiger partial charge in [-0.05, 0) is 73.7 Å². The van der Waals surface area contributed by atoms with Crippen LogP contribution in [-0.2, 0) is 16.1 Å². The Bertz CT molecular complexity index is 1700. The molecule has 1 aromatic heterocycles. The second-order valence-corrected chi connectivity index (χ2v) is 10.1. The number of ether oxygens (including phenoxy) is 1. The van der Waals surface area contributed by atoms with Crippen LogP contribution in [0, 0.1) is 20.8 Å². The number of carbonyl (C=O) groups is 1. The standard InChI is InChI=1S/C34H34N2O2.CO2/c1-22-10-9-13-30(33(22)38-5)24(3)35-34(37)29-18-19-32-31(20-29)23(2)25(4)36(32)21-26-14-16-28(17-15-26)27-11-7-6-8-12-27;2-1-3/h6-20,24H,21H2,1-5H3,(H,35,37);/t24-;/m0./s1. The van der Waals surface area contributed by atoms with Gasteiger partial charge in [-0.25, -0.2) is 0 Å². The Morgan fingerprint density at radius 1 is 0.878 bits per heavy atom. The van der Waals surface area contributed by atoms with E-state index in [2.05, 4.69) is 78.3 Å². The van der Waals surface area contributed by atoms with E-state index in [-0.39, 0.29) is 18.1 Å². The molecule has 41 heavy (non-hydrogen) atoms. The molecule has 0 unspecified atom stereocenters. The van der Waals surface area contributed by atoms with E-state index < -0.39 is 0 Å². The third-order valence-electron chi connectivity index (χ3n) is 7.56. The Balaban J connectivity index is 0.00000124. The molecule has 0 spiro atoms. The second kappa shape index (κ2) is 12.9. The van der Waals surface area contributed by atoms with E-state index in [9.17, 15) is 4.79 Å². The number of para-hydroxylation sites is 1. The van der Waals surface area contributed by atoms with E-state index in [0.717, 1.165) is 34.3 Å². The molecule has 0 saturated carbocycles. The van der Waals surface area contributed by atoms with Gasteiger partial charge in [-0.15, -0.1) is 0 Å². The van der Waals surface area contributed by atoms with Gasteiger partial charge in [0.15, 0.2) is 0 Å². The Kier molecular flexibility index (Phi) is 9.18. The highest BCUT2D eigenvalue weighted by Crippen LogP contribution is 2.30. The molecule has 1 atom stereocenters. The van der Waals surface area contributed by atoms with Crippen molar-refractivity contribution in [2.45, 2.75) is 40.3 Å². The van der Waals surface area contributed by atoms with Crippen molar-refractivity contribution in [3.05, 3.63) is 125 Å². The van der Waals surface area contributed by atoms with Crippen LogP contribution in [-0.4, -0.2) is 23.7 Å². The fraction of sp³-hybridized carbons (Fsp3) is 0.200. The number of aromatic nitrogens is 1. The van der Waals surface area contributed by atoms with E-state index in [4.69, 9.17) is 14.3 Å². The lowest BCUT2D eigenvalue weighted by Gasteiger charge is -2.19. The van der Waals surface area contributed by atoms with Crippen molar-refractivity contribution in [2.75, 3.05) is 7.11 Å². The predicted octanol–water partition coefficient (Wildman–Crippen LogP) is 7.20. The van der Waals surface area contributed by atoms with Crippen LogP contribution >= 0.6 is 0 Å².